The van der Waals surface area contributed by atoms with Gasteiger partial charge >= 0.3 is 0 Å². The van der Waals surface area contributed by atoms with Crippen LogP contribution in [0.2, 0.25) is 0 Å². The van der Waals surface area contributed by atoms with Crippen LogP contribution in [0.5, 0.6) is 0 Å². The van der Waals surface area contributed by atoms with E-state index in [9.17, 15) is 4.79 Å². The summed E-state index contributed by atoms with van der Waals surface area (Å²) in [7, 11) is 0. The molecule has 3 nitrogen and oxygen atoms in total. The number of likely N-dealkylation sites (tertiary alicyclic amines) is 1. The van der Waals surface area contributed by atoms with Crippen LogP contribution in [0.4, 0.5) is 0 Å². The van der Waals surface area contributed by atoms with E-state index >= 15 is 0 Å². The van der Waals surface area contributed by atoms with Crippen molar-refractivity contribution >= 4 is 17.5 Å². The molecule has 0 N–H and O–H groups in total. The van der Waals surface area contributed by atoms with Crippen LogP contribution in [0.25, 0.3) is 0 Å². The molecule has 1 amide bonds. The first-order valence-electron chi connectivity index (χ1n) is 6.11. The van der Waals surface area contributed by atoms with Crippen LogP contribution < -0.4 is 0 Å². The van der Waals surface area contributed by atoms with Gasteiger partial charge in [-0.2, -0.15) is 0 Å². The van der Waals surface area contributed by atoms with Crippen LogP contribution in [0, 0.1) is 12.8 Å². The van der Waals surface area contributed by atoms with E-state index in [0.717, 1.165) is 31.5 Å². The number of hydrogen-bond acceptors (Lipinski definition) is 2. The van der Waals surface area contributed by atoms with Crippen molar-refractivity contribution in [1.82, 2.24) is 4.90 Å². The number of halogens is 1. The molecule has 0 aromatic carbocycles. The molecule has 1 fully saturated rings. The maximum atomic E-state index is 12.2. The SMILES string of the molecule is Cc1ccoc1C(=O)N1CCCC(CCCl)C1. The van der Waals surface area contributed by atoms with Crippen molar-refractivity contribution < 1.29 is 9.21 Å². The highest BCUT2D eigenvalue weighted by Gasteiger charge is 2.26. The third-order valence-corrected chi connectivity index (χ3v) is 3.60. The van der Waals surface area contributed by atoms with Gasteiger partial charge in [-0.3, -0.25) is 4.79 Å². The van der Waals surface area contributed by atoms with Crippen LogP contribution in [-0.2, 0) is 0 Å². The number of carbonyl (C=O) groups excluding carboxylic acids is 1. The first kappa shape index (κ1) is 12.5. The topological polar surface area (TPSA) is 33.5 Å². The quantitative estimate of drug-likeness (QED) is 0.778. The lowest BCUT2D eigenvalue weighted by Gasteiger charge is -2.32. The summed E-state index contributed by atoms with van der Waals surface area (Å²) in [4.78, 5) is 14.1. The van der Waals surface area contributed by atoms with Gasteiger partial charge in [0.1, 0.15) is 0 Å². The molecule has 1 aromatic rings. The van der Waals surface area contributed by atoms with Crippen LogP contribution in [-0.4, -0.2) is 29.8 Å². The van der Waals surface area contributed by atoms with Crippen molar-refractivity contribution in [3.63, 3.8) is 0 Å². The molecule has 0 spiro atoms. The number of rotatable bonds is 3. The Bertz CT molecular complexity index is 387. The van der Waals surface area contributed by atoms with Gasteiger partial charge < -0.3 is 9.32 Å². The molecule has 94 valence electrons. The summed E-state index contributed by atoms with van der Waals surface area (Å²) >= 11 is 5.76. The van der Waals surface area contributed by atoms with Gasteiger partial charge in [-0.15, -0.1) is 11.6 Å². The monoisotopic (exact) mass is 255 g/mol. The van der Waals surface area contributed by atoms with E-state index in [1.807, 2.05) is 17.9 Å². The molecule has 1 aliphatic rings. The van der Waals surface area contributed by atoms with E-state index in [0.29, 0.717) is 17.6 Å². The van der Waals surface area contributed by atoms with E-state index in [1.54, 1.807) is 6.26 Å². The fraction of sp³-hybridized carbons (Fsp3) is 0.615. The Balaban J connectivity index is 2.02. The molecule has 2 rings (SSSR count). The van der Waals surface area contributed by atoms with Crippen molar-refractivity contribution in [2.24, 2.45) is 5.92 Å². The van der Waals surface area contributed by atoms with Crippen molar-refractivity contribution in [3.05, 3.63) is 23.7 Å². The maximum absolute atomic E-state index is 12.2. The lowest BCUT2D eigenvalue weighted by molar-refractivity contribution is 0.0638. The third kappa shape index (κ3) is 2.83. The van der Waals surface area contributed by atoms with Crippen LogP contribution >= 0.6 is 11.6 Å². The van der Waals surface area contributed by atoms with Gasteiger partial charge in [0.2, 0.25) is 0 Å². The van der Waals surface area contributed by atoms with Crippen molar-refractivity contribution in [3.8, 4) is 0 Å². The summed E-state index contributed by atoms with van der Waals surface area (Å²) in [6, 6.07) is 1.83. The van der Waals surface area contributed by atoms with Crippen LogP contribution in [0.3, 0.4) is 0 Å². The third-order valence-electron chi connectivity index (χ3n) is 3.38. The summed E-state index contributed by atoms with van der Waals surface area (Å²) in [5, 5.41) is 0. The molecule has 0 saturated carbocycles. The first-order chi connectivity index (χ1) is 8.22. The summed E-state index contributed by atoms with van der Waals surface area (Å²) in [6.07, 6.45) is 4.80. The fourth-order valence-electron chi connectivity index (χ4n) is 2.37. The Morgan fingerprint density at radius 3 is 3.12 bits per heavy atom. The van der Waals surface area contributed by atoms with Crippen molar-refractivity contribution in [2.45, 2.75) is 26.2 Å². The molecule has 0 bridgehead atoms. The second kappa shape index (κ2) is 5.58. The van der Waals surface area contributed by atoms with Gasteiger partial charge in [-0.25, -0.2) is 0 Å². The Morgan fingerprint density at radius 1 is 1.65 bits per heavy atom. The molecular weight excluding hydrogens is 238 g/mol. The summed E-state index contributed by atoms with van der Waals surface area (Å²) in [5.41, 5.74) is 0.912. The number of carbonyl (C=O) groups is 1. The highest BCUT2D eigenvalue weighted by molar-refractivity contribution is 6.17. The summed E-state index contributed by atoms with van der Waals surface area (Å²) in [5.74, 6) is 1.72. The Labute approximate surface area is 107 Å². The standard InChI is InChI=1S/C13H18ClNO2/c1-10-5-8-17-12(10)13(16)15-7-2-3-11(9-15)4-6-14/h5,8,11H,2-4,6-7,9H2,1H3. The molecule has 1 unspecified atom stereocenters. The number of piperidine rings is 1. The van der Waals surface area contributed by atoms with Gasteiger partial charge in [0.05, 0.1) is 6.26 Å². The second-order valence-corrected chi connectivity index (χ2v) is 5.05. The molecular formula is C13H18ClNO2. The van der Waals surface area contributed by atoms with E-state index in [2.05, 4.69) is 0 Å². The minimum Gasteiger partial charge on any atom is -0.459 e. The molecule has 1 atom stereocenters. The Morgan fingerprint density at radius 2 is 2.47 bits per heavy atom. The number of alkyl halides is 1. The van der Waals surface area contributed by atoms with Crippen molar-refractivity contribution in [2.75, 3.05) is 19.0 Å². The van der Waals surface area contributed by atoms with E-state index < -0.39 is 0 Å². The number of furan rings is 1. The zero-order valence-electron chi connectivity index (χ0n) is 10.1. The number of hydrogen-bond donors (Lipinski definition) is 0. The minimum atomic E-state index is 0.0202. The van der Waals surface area contributed by atoms with Crippen molar-refractivity contribution in [1.29, 1.82) is 0 Å². The van der Waals surface area contributed by atoms with E-state index in [1.165, 1.54) is 6.42 Å². The molecule has 1 aromatic heterocycles. The zero-order valence-corrected chi connectivity index (χ0v) is 10.9. The molecule has 4 heteroatoms. The molecule has 17 heavy (non-hydrogen) atoms. The normalized spacial score (nSPS) is 20.6. The van der Waals surface area contributed by atoms with E-state index in [4.69, 9.17) is 16.0 Å². The average Bonchev–Trinajstić information content (AvgIpc) is 2.75. The van der Waals surface area contributed by atoms with Gasteiger partial charge in [-0.1, -0.05) is 0 Å². The predicted molar refractivity (Wildman–Crippen MR) is 67.4 cm³/mol. The van der Waals surface area contributed by atoms with Gasteiger partial charge in [0.15, 0.2) is 5.76 Å². The largest absolute Gasteiger partial charge is 0.459 e. The highest BCUT2D eigenvalue weighted by Crippen LogP contribution is 2.22. The minimum absolute atomic E-state index is 0.0202. The average molecular weight is 256 g/mol. The van der Waals surface area contributed by atoms with Gasteiger partial charge in [-0.05, 0) is 38.2 Å². The first-order valence-corrected chi connectivity index (χ1v) is 6.65. The Hall–Kier alpha value is -0.960. The fourth-order valence-corrected chi connectivity index (χ4v) is 2.68. The lowest BCUT2D eigenvalue weighted by Crippen LogP contribution is -2.40. The van der Waals surface area contributed by atoms with Gasteiger partial charge in [0, 0.05) is 24.5 Å². The zero-order chi connectivity index (χ0) is 12.3. The molecule has 1 aliphatic heterocycles. The molecule has 0 radical (unpaired) electrons. The van der Waals surface area contributed by atoms with Crippen LogP contribution in [0.1, 0.15) is 35.4 Å². The Kier molecular flexibility index (Phi) is 4.11. The highest BCUT2D eigenvalue weighted by atomic mass is 35.5. The smallest absolute Gasteiger partial charge is 0.289 e. The maximum Gasteiger partial charge on any atom is 0.289 e. The summed E-state index contributed by atoms with van der Waals surface area (Å²) < 4.78 is 5.26. The number of nitrogens with zero attached hydrogens (tertiary/aromatic N) is 1. The molecule has 1 saturated heterocycles. The summed E-state index contributed by atoms with van der Waals surface area (Å²) in [6.45, 7) is 3.54. The van der Waals surface area contributed by atoms with Gasteiger partial charge in [0.25, 0.3) is 5.91 Å². The second-order valence-electron chi connectivity index (χ2n) is 4.67. The number of amides is 1. The lowest BCUT2D eigenvalue weighted by atomic mass is 9.95. The van der Waals surface area contributed by atoms with E-state index in [-0.39, 0.29) is 5.91 Å². The predicted octanol–water partition coefficient (Wildman–Crippen LogP) is 3.07. The number of aryl methyl sites for hydroxylation is 1. The molecule has 0 aliphatic carbocycles. The van der Waals surface area contributed by atoms with Crippen LogP contribution in [0.15, 0.2) is 16.7 Å². The molecule has 2 heterocycles.